The lowest BCUT2D eigenvalue weighted by Crippen LogP contribution is -2.35. The van der Waals surface area contributed by atoms with E-state index in [9.17, 15) is 4.79 Å². The molecule has 94 valence electrons. The minimum Gasteiger partial charge on any atom is -0.382 e. The smallest absolute Gasteiger partial charge is 0.248 e. The molecule has 4 nitrogen and oxygen atoms in total. The number of anilines is 1. The Morgan fingerprint density at radius 1 is 1.11 bits per heavy atom. The molecule has 0 spiro atoms. The Kier molecular flexibility index (Phi) is 3.02. The van der Waals surface area contributed by atoms with Gasteiger partial charge in [-0.1, -0.05) is 0 Å². The minimum atomic E-state index is -0.0541. The van der Waals surface area contributed by atoms with Gasteiger partial charge < -0.3 is 15.6 Å². The van der Waals surface area contributed by atoms with Crippen LogP contribution in [0.25, 0.3) is 10.9 Å². The summed E-state index contributed by atoms with van der Waals surface area (Å²) in [7, 11) is 0. The summed E-state index contributed by atoms with van der Waals surface area (Å²) in [4.78, 5) is 14.0. The van der Waals surface area contributed by atoms with Crippen LogP contribution in [0.5, 0.6) is 0 Å². The van der Waals surface area contributed by atoms with Crippen molar-refractivity contribution in [2.75, 3.05) is 18.4 Å². The summed E-state index contributed by atoms with van der Waals surface area (Å²) in [5, 5.41) is 7.98. The van der Waals surface area contributed by atoms with Crippen molar-refractivity contribution in [2.45, 2.75) is 18.9 Å². The van der Waals surface area contributed by atoms with E-state index in [1.807, 2.05) is 18.2 Å². The van der Waals surface area contributed by atoms with Gasteiger partial charge in [-0.3, -0.25) is 4.79 Å². The molecule has 0 aliphatic carbocycles. The monoisotopic (exact) mass is 243 g/mol. The first-order chi connectivity index (χ1) is 8.81. The van der Waals surface area contributed by atoms with Gasteiger partial charge in [0.1, 0.15) is 0 Å². The molecule has 3 N–H and O–H groups in total. The lowest BCUT2D eigenvalue weighted by molar-refractivity contribution is 0.479. The van der Waals surface area contributed by atoms with E-state index in [1.165, 1.54) is 0 Å². The fourth-order valence-electron chi connectivity index (χ4n) is 2.45. The summed E-state index contributed by atoms with van der Waals surface area (Å²) < 4.78 is 0. The fourth-order valence-corrected chi connectivity index (χ4v) is 2.45. The van der Waals surface area contributed by atoms with Crippen LogP contribution in [0.2, 0.25) is 0 Å². The summed E-state index contributed by atoms with van der Waals surface area (Å²) >= 11 is 0. The van der Waals surface area contributed by atoms with Crippen molar-refractivity contribution >= 4 is 16.6 Å². The number of nitrogens with one attached hydrogen (secondary N) is 3. The Balaban J connectivity index is 1.84. The van der Waals surface area contributed by atoms with Gasteiger partial charge in [0, 0.05) is 28.7 Å². The van der Waals surface area contributed by atoms with Crippen molar-refractivity contribution < 1.29 is 0 Å². The summed E-state index contributed by atoms with van der Waals surface area (Å²) in [6.45, 7) is 2.16. The second-order valence-corrected chi connectivity index (χ2v) is 4.79. The highest BCUT2D eigenvalue weighted by molar-refractivity contribution is 5.82. The molecular formula is C14H17N3O. The molecule has 1 fully saturated rings. The number of rotatable bonds is 2. The van der Waals surface area contributed by atoms with Crippen molar-refractivity contribution in [1.82, 2.24) is 10.3 Å². The van der Waals surface area contributed by atoms with Crippen molar-refractivity contribution in [3.8, 4) is 0 Å². The number of fused-ring (bicyclic) bond motifs is 1. The predicted molar refractivity (Wildman–Crippen MR) is 74.1 cm³/mol. The Morgan fingerprint density at radius 2 is 1.94 bits per heavy atom. The first kappa shape index (κ1) is 11.3. The number of benzene rings is 1. The highest BCUT2D eigenvalue weighted by atomic mass is 16.1. The largest absolute Gasteiger partial charge is 0.382 e. The second kappa shape index (κ2) is 4.82. The highest BCUT2D eigenvalue weighted by Crippen LogP contribution is 2.18. The summed E-state index contributed by atoms with van der Waals surface area (Å²) in [6, 6.07) is 10.1. The van der Waals surface area contributed by atoms with Gasteiger partial charge in [-0.2, -0.15) is 0 Å². The van der Waals surface area contributed by atoms with Crippen LogP contribution in [0, 0.1) is 0 Å². The molecule has 0 saturated carbocycles. The molecule has 1 aliphatic heterocycles. The topological polar surface area (TPSA) is 56.9 Å². The molecule has 0 radical (unpaired) electrons. The van der Waals surface area contributed by atoms with E-state index in [1.54, 1.807) is 6.07 Å². The van der Waals surface area contributed by atoms with Crippen LogP contribution in [0.3, 0.4) is 0 Å². The van der Waals surface area contributed by atoms with Crippen LogP contribution in [0.15, 0.2) is 35.1 Å². The van der Waals surface area contributed by atoms with Gasteiger partial charge in [-0.15, -0.1) is 0 Å². The number of hydrogen-bond donors (Lipinski definition) is 3. The molecule has 3 rings (SSSR count). The van der Waals surface area contributed by atoms with Crippen LogP contribution < -0.4 is 16.2 Å². The zero-order valence-electron chi connectivity index (χ0n) is 10.2. The number of H-pyrrole nitrogens is 1. The molecule has 0 amide bonds. The van der Waals surface area contributed by atoms with Gasteiger partial charge in [0.25, 0.3) is 0 Å². The van der Waals surface area contributed by atoms with E-state index in [0.29, 0.717) is 6.04 Å². The van der Waals surface area contributed by atoms with Crippen molar-refractivity contribution in [3.63, 3.8) is 0 Å². The van der Waals surface area contributed by atoms with Crippen LogP contribution >= 0.6 is 0 Å². The predicted octanol–water partition coefficient (Wildman–Crippen LogP) is 1.69. The second-order valence-electron chi connectivity index (χ2n) is 4.79. The number of piperidine rings is 1. The third-order valence-corrected chi connectivity index (χ3v) is 3.43. The molecule has 0 unspecified atom stereocenters. The van der Waals surface area contributed by atoms with E-state index in [0.717, 1.165) is 42.5 Å². The Labute approximate surface area is 105 Å². The van der Waals surface area contributed by atoms with Crippen molar-refractivity contribution in [3.05, 3.63) is 40.7 Å². The highest BCUT2D eigenvalue weighted by Gasteiger charge is 2.12. The first-order valence-corrected chi connectivity index (χ1v) is 6.42. The van der Waals surface area contributed by atoms with E-state index in [4.69, 9.17) is 0 Å². The normalized spacial score (nSPS) is 16.9. The third kappa shape index (κ3) is 2.38. The maximum Gasteiger partial charge on any atom is 0.248 e. The van der Waals surface area contributed by atoms with E-state index >= 15 is 0 Å². The summed E-state index contributed by atoms with van der Waals surface area (Å²) in [5.41, 5.74) is 1.96. The van der Waals surface area contributed by atoms with Crippen molar-refractivity contribution in [2.24, 2.45) is 0 Å². The van der Waals surface area contributed by atoms with E-state index in [-0.39, 0.29) is 5.56 Å². The Hall–Kier alpha value is -1.81. The molecular weight excluding hydrogens is 226 g/mol. The molecule has 18 heavy (non-hydrogen) atoms. The average Bonchev–Trinajstić information content (AvgIpc) is 2.40. The molecule has 4 heteroatoms. The van der Waals surface area contributed by atoms with Crippen LogP contribution in [0.1, 0.15) is 12.8 Å². The quantitative estimate of drug-likeness (QED) is 0.752. The van der Waals surface area contributed by atoms with Gasteiger partial charge in [-0.05, 0) is 50.2 Å². The first-order valence-electron chi connectivity index (χ1n) is 6.42. The maximum absolute atomic E-state index is 11.2. The van der Waals surface area contributed by atoms with Gasteiger partial charge in [0.05, 0.1) is 0 Å². The molecule has 0 bridgehead atoms. The average molecular weight is 243 g/mol. The Morgan fingerprint density at radius 3 is 2.78 bits per heavy atom. The number of hydrogen-bond acceptors (Lipinski definition) is 3. The Bertz CT molecular complexity index is 599. The van der Waals surface area contributed by atoms with Gasteiger partial charge >= 0.3 is 0 Å². The number of aromatic nitrogens is 1. The van der Waals surface area contributed by atoms with E-state index < -0.39 is 0 Å². The lowest BCUT2D eigenvalue weighted by Gasteiger charge is -2.24. The molecule has 2 aromatic rings. The summed E-state index contributed by atoms with van der Waals surface area (Å²) in [5.74, 6) is 0. The van der Waals surface area contributed by atoms with Crippen LogP contribution in [-0.4, -0.2) is 24.1 Å². The third-order valence-electron chi connectivity index (χ3n) is 3.43. The molecule has 1 aromatic carbocycles. The molecule has 1 saturated heterocycles. The number of pyridine rings is 1. The zero-order chi connectivity index (χ0) is 12.4. The summed E-state index contributed by atoms with van der Waals surface area (Å²) in [6.07, 6.45) is 2.31. The van der Waals surface area contributed by atoms with Crippen LogP contribution in [-0.2, 0) is 0 Å². The number of aromatic amines is 1. The molecule has 0 atom stereocenters. The molecule has 2 heterocycles. The standard InChI is InChI=1S/C14H17N3O/c18-14-4-1-10-9-12(2-3-13(10)17-14)16-11-5-7-15-8-6-11/h1-4,9,11,15-16H,5-8H2,(H,17,18). The zero-order valence-corrected chi connectivity index (χ0v) is 10.2. The fraction of sp³-hybridized carbons (Fsp3) is 0.357. The van der Waals surface area contributed by atoms with Crippen LogP contribution in [0.4, 0.5) is 5.69 Å². The van der Waals surface area contributed by atoms with Gasteiger partial charge in [-0.25, -0.2) is 0 Å². The molecule has 1 aliphatic rings. The maximum atomic E-state index is 11.2. The minimum absolute atomic E-state index is 0.0541. The van der Waals surface area contributed by atoms with Crippen molar-refractivity contribution in [1.29, 1.82) is 0 Å². The molecule has 1 aromatic heterocycles. The SMILES string of the molecule is O=c1ccc2cc(NC3CCNCC3)ccc2[nH]1. The lowest BCUT2D eigenvalue weighted by atomic mass is 10.1. The van der Waals surface area contributed by atoms with Gasteiger partial charge in [0.2, 0.25) is 5.56 Å². The van der Waals surface area contributed by atoms with E-state index in [2.05, 4.69) is 21.7 Å². The van der Waals surface area contributed by atoms with Gasteiger partial charge in [0.15, 0.2) is 0 Å².